The molecule has 1 amide bonds. The van der Waals surface area contributed by atoms with Crippen molar-refractivity contribution in [3.05, 3.63) is 63.7 Å². The van der Waals surface area contributed by atoms with Crippen LogP contribution in [0.1, 0.15) is 24.0 Å². The van der Waals surface area contributed by atoms with Crippen molar-refractivity contribution in [3.8, 4) is 5.75 Å². The van der Waals surface area contributed by atoms with Crippen molar-refractivity contribution in [2.75, 3.05) is 32.1 Å². The predicted molar refractivity (Wildman–Crippen MR) is 111 cm³/mol. The number of quaternary nitrogens is 1. The second kappa shape index (κ2) is 9.52. The number of hydrogen-bond acceptors (Lipinski definition) is 4. The Bertz CT molecular complexity index is 862. The molecule has 7 nitrogen and oxygen atoms in total. The van der Waals surface area contributed by atoms with Gasteiger partial charge in [0.1, 0.15) is 0 Å². The van der Waals surface area contributed by atoms with E-state index in [-0.39, 0.29) is 17.3 Å². The van der Waals surface area contributed by atoms with Crippen LogP contribution in [-0.4, -0.2) is 37.6 Å². The molecule has 0 unspecified atom stereocenters. The molecule has 1 saturated heterocycles. The molecule has 154 valence electrons. The predicted octanol–water partition coefficient (Wildman–Crippen LogP) is 2.39. The van der Waals surface area contributed by atoms with Gasteiger partial charge < -0.3 is 15.0 Å². The highest BCUT2D eigenvalue weighted by atomic mass is 16.6. The van der Waals surface area contributed by atoms with Crippen LogP contribution in [-0.2, 0) is 11.2 Å². The number of carbonyl (C=O) groups excluding carboxylic acids is 1. The van der Waals surface area contributed by atoms with Crippen molar-refractivity contribution < 1.29 is 19.4 Å². The molecule has 1 heterocycles. The number of ether oxygens (including phenoxy) is 1. The maximum atomic E-state index is 12.5. The first-order chi connectivity index (χ1) is 14.0. The third-order valence-electron chi connectivity index (χ3n) is 5.59. The largest absolute Gasteiger partial charge is 0.490 e. The first kappa shape index (κ1) is 20.8. The highest BCUT2D eigenvalue weighted by Gasteiger charge is 2.25. The van der Waals surface area contributed by atoms with Crippen LogP contribution < -0.4 is 15.0 Å². The van der Waals surface area contributed by atoms with Crippen LogP contribution in [0.25, 0.3) is 0 Å². The fourth-order valence-electron chi connectivity index (χ4n) is 3.95. The van der Waals surface area contributed by atoms with E-state index in [1.54, 1.807) is 6.92 Å². The van der Waals surface area contributed by atoms with Crippen molar-refractivity contribution in [1.29, 1.82) is 0 Å². The monoisotopic (exact) mass is 398 g/mol. The van der Waals surface area contributed by atoms with Crippen LogP contribution >= 0.6 is 0 Å². The van der Waals surface area contributed by atoms with Gasteiger partial charge in [-0.3, -0.25) is 14.9 Å². The molecule has 1 fully saturated rings. The third-order valence-corrected chi connectivity index (χ3v) is 5.59. The summed E-state index contributed by atoms with van der Waals surface area (Å²) < 4.78 is 5.10. The standard InChI is InChI=1S/C22H27N3O4/c1-16-12-20(25(27)28)21(29-2)14-19(16)23-22(26)15-24-10-8-18(9-11-24)13-17-6-4-3-5-7-17/h3-7,12,14,18H,8-11,13,15H2,1-2H3,(H,23,26)/p+1. The average Bonchev–Trinajstić information content (AvgIpc) is 2.71. The van der Waals surface area contributed by atoms with E-state index in [9.17, 15) is 14.9 Å². The van der Waals surface area contributed by atoms with Crippen molar-refractivity contribution in [2.45, 2.75) is 26.2 Å². The van der Waals surface area contributed by atoms with Gasteiger partial charge in [0.15, 0.2) is 12.3 Å². The number of aryl methyl sites for hydroxylation is 1. The molecule has 0 spiro atoms. The number of benzene rings is 2. The number of amides is 1. The zero-order chi connectivity index (χ0) is 20.8. The van der Waals surface area contributed by atoms with Gasteiger partial charge in [-0.05, 0) is 43.2 Å². The van der Waals surface area contributed by atoms with E-state index < -0.39 is 4.92 Å². The summed E-state index contributed by atoms with van der Waals surface area (Å²) in [5.74, 6) is 0.732. The fourth-order valence-corrected chi connectivity index (χ4v) is 3.95. The first-order valence-corrected chi connectivity index (χ1v) is 9.96. The van der Waals surface area contributed by atoms with Crippen LogP contribution in [0.5, 0.6) is 5.75 Å². The number of likely N-dealkylation sites (tertiary alicyclic amines) is 1. The lowest BCUT2D eigenvalue weighted by Gasteiger charge is -2.29. The lowest BCUT2D eigenvalue weighted by molar-refractivity contribution is -0.898. The molecule has 2 aromatic carbocycles. The smallest absolute Gasteiger partial charge is 0.311 e. The molecular formula is C22H28N3O4+. The lowest BCUT2D eigenvalue weighted by Crippen LogP contribution is -3.14. The summed E-state index contributed by atoms with van der Waals surface area (Å²) in [5.41, 5.74) is 2.47. The lowest BCUT2D eigenvalue weighted by atomic mass is 9.90. The Morgan fingerprint density at radius 3 is 2.55 bits per heavy atom. The van der Waals surface area contributed by atoms with Crippen molar-refractivity contribution in [2.24, 2.45) is 5.92 Å². The van der Waals surface area contributed by atoms with Gasteiger partial charge in [0.05, 0.1) is 25.1 Å². The number of carbonyl (C=O) groups is 1. The van der Waals surface area contributed by atoms with E-state index >= 15 is 0 Å². The molecule has 0 aromatic heterocycles. The number of nitro groups is 1. The summed E-state index contributed by atoms with van der Waals surface area (Å²) in [6.07, 6.45) is 3.33. The third kappa shape index (κ3) is 5.54. The normalized spacial score (nSPS) is 18.8. The number of nitrogens with one attached hydrogen (secondary N) is 2. The Kier molecular flexibility index (Phi) is 6.82. The summed E-state index contributed by atoms with van der Waals surface area (Å²) in [6.45, 7) is 4.10. The molecule has 0 aliphatic carbocycles. The summed E-state index contributed by atoms with van der Waals surface area (Å²) in [7, 11) is 1.38. The Hall–Kier alpha value is -2.93. The SMILES string of the molecule is COc1cc(NC(=O)C[NH+]2CCC(Cc3ccccc3)CC2)c(C)cc1[N+](=O)[O-]. The molecule has 0 saturated carbocycles. The maximum absolute atomic E-state index is 12.5. The molecule has 0 bridgehead atoms. The van der Waals surface area contributed by atoms with Gasteiger partial charge in [-0.25, -0.2) is 0 Å². The Morgan fingerprint density at radius 2 is 1.93 bits per heavy atom. The Labute approximate surface area is 170 Å². The van der Waals surface area contributed by atoms with Gasteiger partial charge in [-0.15, -0.1) is 0 Å². The van der Waals surface area contributed by atoms with E-state index in [2.05, 4.69) is 29.6 Å². The Balaban J connectivity index is 1.52. The molecule has 3 rings (SSSR count). The topological polar surface area (TPSA) is 85.9 Å². The van der Waals surface area contributed by atoms with E-state index in [4.69, 9.17) is 4.74 Å². The number of anilines is 1. The van der Waals surface area contributed by atoms with Crippen LogP contribution in [0.4, 0.5) is 11.4 Å². The zero-order valence-electron chi connectivity index (χ0n) is 16.9. The molecular weight excluding hydrogens is 370 g/mol. The van der Waals surface area contributed by atoms with Gasteiger partial charge in [0.25, 0.3) is 5.91 Å². The number of hydrogen-bond donors (Lipinski definition) is 2. The number of nitro benzene ring substituents is 1. The molecule has 1 aliphatic heterocycles. The van der Waals surface area contributed by atoms with Crippen molar-refractivity contribution in [1.82, 2.24) is 0 Å². The number of piperidine rings is 1. The highest BCUT2D eigenvalue weighted by Crippen LogP contribution is 2.32. The molecule has 0 radical (unpaired) electrons. The summed E-state index contributed by atoms with van der Waals surface area (Å²) in [6, 6.07) is 13.5. The minimum absolute atomic E-state index is 0.0829. The maximum Gasteiger partial charge on any atom is 0.311 e. The van der Waals surface area contributed by atoms with E-state index in [1.165, 1.54) is 29.7 Å². The van der Waals surface area contributed by atoms with Crippen LogP contribution in [0.3, 0.4) is 0 Å². The van der Waals surface area contributed by atoms with Gasteiger partial charge >= 0.3 is 5.69 Å². The summed E-state index contributed by atoms with van der Waals surface area (Å²) >= 11 is 0. The molecule has 7 heteroatoms. The van der Waals surface area contributed by atoms with E-state index in [0.29, 0.717) is 23.7 Å². The minimum Gasteiger partial charge on any atom is -0.490 e. The summed E-state index contributed by atoms with van der Waals surface area (Å²) in [4.78, 5) is 24.4. The second-order valence-corrected chi connectivity index (χ2v) is 7.70. The van der Waals surface area contributed by atoms with Gasteiger partial charge in [-0.1, -0.05) is 30.3 Å². The summed E-state index contributed by atoms with van der Waals surface area (Å²) in [5, 5.41) is 14.0. The zero-order valence-corrected chi connectivity index (χ0v) is 16.9. The fraction of sp³-hybridized carbons (Fsp3) is 0.409. The number of methoxy groups -OCH3 is 1. The number of rotatable bonds is 7. The average molecular weight is 398 g/mol. The molecule has 2 aromatic rings. The molecule has 0 atom stereocenters. The van der Waals surface area contributed by atoms with E-state index in [0.717, 1.165) is 32.4 Å². The van der Waals surface area contributed by atoms with E-state index in [1.807, 2.05) is 6.07 Å². The molecule has 2 N–H and O–H groups in total. The number of nitrogens with zero attached hydrogens (tertiary/aromatic N) is 1. The van der Waals surface area contributed by atoms with Gasteiger partial charge in [-0.2, -0.15) is 0 Å². The van der Waals surface area contributed by atoms with Gasteiger partial charge in [0.2, 0.25) is 0 Å². The van der Waals surface area contributed by atoms with Crippen LogP contribution in [0.15, 0.2) is 42.5 Å². The quantitative estimate of drug-likeness (QED) is 0.554. The van der Waals surface area contributed by atoms with Crippen molar-refractivity contribution in [3.63, 3.8) is 0 Å². The van der Waals surface area contributed by atoms with Crippen LogP contribution in [0, 0.1) is 23.0 Å². The second-order valence-electron chi connectivity index (χ2n) is 7.70. The van der Waals surface area contributed by atoms with Crippen molar-refractivity contribution >= 4 is 17.3 Å². The molecule has 29 heavy (non-hydrogen) atoms. The highest BCUT2D eigenvalue weighted by molar-refractivity contribution is 5.92. The minimum atomic E-state index is -0.485. The van der Waals surface area contributed by atoms with Crippen LogP contribution in [0.2, 0.25) is 0 Å². The Morgan fingerprint density at radius 1 is 1.24 bits per heavy atom. The molecule has 1 aliphatic rings. The van der Waals surface area contributed by atoms with Gasteiger partial charge in [0, 0.05) is 17.8 Å². The first-order valence-electron chi connectivity index (χ1n) is 9.96.